The molecule has 0 unspecified atom stereocenters. The Kier molecular flexibility index (Phi) is 3.69. The van der Waals surface area contributed by atoms with Crippen LogP contribution in [0.15, 0.2) is 23.1 Å². The van der Waals surface area contributed by atoms with Crippen molar-refractivity contribution in [3.63, 3.8) is 0 Å². The molecule has 4 nitrogen and oxygen atoms in total. The lowest BCUT2D eigenvalue weighted by Crippen LogP contribution is -2.56. The monoisotopic (exact) mass is 289 g/mol. The molecule has 2 rings (SSSR count). The maximum absolute atomic E-state index is 12.3. The zero-order valence-electron chi connectivity index (χ0n) is 10.1. The van der Waals surface area contributed by atoms with Gasteiger partial charge in [-0.1, -0.05) is 17.7 Å². The van der Waals surface area contributed by atoms with Crippen LogP contribution in [0.4, 0.5) is 0 Å². The summed E-state index contributed by atoms with van der Waals surface area (Å²) in [5, 5.41) is 9.70. The number of aliphatic hydroxyl groups excluding tert-OH is 1. The Labute approximate surface area is 112 Å². The Hall–Kier alpha value is -0.620. The third-order valence-corrected chi connectivity index (χ3v) is 5.36. The van der Waals surface area contributed by atoms with E-state index in [4.69, 9.17) is 11.6 Å². The molecule has 100 valence electrons. The molecular weight excluding hydrogens is 274 g/mol. The number of aliphatic hydroxyl groups is 1. The fraction of sp³-hybridized carbons (Fsp3) is 0.500. The lowest BCUT2D eigenvalue weighted by atomic mass is 9.78. The van der Waals surface area contributed by atoms with Gasteiger partial charge in [-0.3, -0.25) is 0 Å². The van der Waals surface area contributed by atoms with Gasteiger partial charge >= 0.3 is 0 Å². The van der Waals surface area contributed by atoms with Gasteiger partial charge < -0.3 is 5.11 Å². The fourth-order valence-corrected chi connectivity index (χ4v) is 4.06. The number of halogens is 1. The predicted octanol–water partition coefficient (Wildman–Crippen LogP) is 1.84. The summed E-state index contributed by atoms with van der Waals surface area (Å²) in [5.74, 6) is 0. The van der Waals surface area contributed by atoms with Crippen LogP contribution in [0.25, 0.3) is 0 Å². The van der Waals surface area contributed by atoms with E-state index in [2.05, 4.69) is 4.72 Å². The van der Waals surface area contributed by atoms with Crippen molar-refractivity contribution in [3.05, 3.63) is 28.8 Å². The van der Waals surface area contributed by atoms with Crippen LogP contribution in [0, 0.1) is 6.92 Å². The van der Waals surface area contributed by atoms with Gasteiger partial charge in [0.25, 0.3) is 0 Å². The first-order valence-electron chi connectivity index (χ1n) is 5.80. The normalized spacial score (nSPS) is 18.4. The van der Waals surface area contributed by atoms with Crippen LogP contribution < -0.4 is 4.72 Å². The Bertz CT molecular complexity index is 547. The molecule has 1 aromatic carbocycles. The van der Waals surface area contributed by atoms with Crippen molar-refractivity contribution in [3.8, 4) is 0 Å². The number of aryl methyl sites for hydroxylation is 1. The summed E-state index contributed by atoms with van der Waals surface area (Å²) in [7, 11) is -3.64. The first-order chi connectivity index (χ1) is 8.38. The first kappa shape index (κ1) is 13.8. The van der Waals surface area contributed by atoms with Gasteiger partial charge in [-0.25, -0.2) is 13.1 Å². The molecule has 0 aliphatic heterocycles. The molecular formula is C12H16ClNO3S. The molecule has 18 heavy (non-hydrogen) atoms. The minimum atomic E-state index is -3.64. The van der Waals surface area contributed by atoms with E-state index in [0.29, 0.717) is 23.4 Å². The Morgan fingerprint density at radius 3 is 2.61 bits per heavy atom. The van der Waals surface area contributed by atoms with Crippen molar-refractivity contribution in [1.82, 2.24) is 4.72 Å². The van der Waals surface area contributed by atoms with Gasteiger partial charge in [0, 0.05) is 5.02 Å². The fourth-order valence-electron chi connectivity index (χ4n) is 2.10. The average molecular weight is 290 g/mol. The number of nitrogens with one attached hydrogen (secondary N) is 1. The summed E-state index contributed by atoms with van der Waals surface area (Å²) < 4.78 is 27.2. The van der Waals surface area contributed by atoms with E-state index in [9.17, 15) is 13.5 Å². The summed E-state index contributed by atoms with van der Waals surface area (Å²) >= 11 is 5.83. The second kappa shape index (κ2) is 4.81. The third kappa shape index (κ3) is 2.54. The molecule has 2 N–H and O–H groups in total. The zero-order chi connectivity index (χ0) is 13.4. The van der Waals surface area contributed by atoms with Crippen molar-refractivity contribution in [2.45, 2.75) is 36.6 Å². The summed E-state index contributed by atoms with van der Waals surface area (Å²) in [5.41, 5.74) is -0.0487. The second-order valence-electron chi connectivity index (χ2n) is 4.81. The number of benzene rings is 1. The van der Waals surface area contributed by atoms with E-state index in [1.807, 2.05) is 0 Å². The molecule has 0 radical (unpaired) electrons. The molecule has 6 heteroatoms. The van der Waals surface area contributed by atoms with Gasteiger partial charge in [0.05, 0.1) is 17.0 Å². The molecule has 0 atom stereocenters. The van der Waals surface area contributed by atoms with Crippen molar-refractivity contribution in [1.29, 1.82) is 0 Å². The van der Waals surface area contributed by atoms with E-state index in [1.54, 1.807) is 19.1 Å². The van der Waals surface area contributed by atoms with Crippen LogP contribution in [0.2, 0.25) is 5.02 Å². The maximum Gasteiger partial charge on any atom is 0.241 e. The predicted molar refractivity (Wildman–Crippen MR) is 70.2 cm³/mol. The van der Waals surface area contributed by atoms with E-state index in [1.165, 1.54) is 6.07 Å². The summed E-state index contributed by atoms with van der Waals surface area (Å²) in [6.07, 6.45) is 2.27. The highest BCUT2D eigenvalue weighted by molar-refractivity contribution is 7.89. The summed E-state index contributed by atoms with van der Waals surface area (Å²) in [6.45, 7) is 1.54. The molecule has 0 bridgehead atoms. The molecule has 1 saturated carbocycles. The minimum absolute atomic E-state index is 0.175. The second-order valence-corrected chi connectivity index (χ2v) is 6.89. The van der Waals surface area contributed by atoms with E-state index in [-0.39, 0.29) is 11.5 Å². The highest BCUT2D eigenvalue weighted by atomic mass is 35.5. The summed E-state index contributed by atoms with van der Waals surface area (Å²) in [4.78, 5) is 0.176. The van der Waals surface area contributed by atoms with Gasteiger partial charge in [-0.15, -0.1) is 0 Å². The zero-order valence-corrected chi connectivity index (χ0v) is 11.7. The number of hydrogen-bond acceptors (Lipinski definition) is 3. The van der Waals surface area contributed by atoms with Gasteiger partial charge in [-0.2, -0.15) is 0 Å². The van der Waals surface area contributed by atoms with Gasteiger partial charge in [-0.05, 0) is 43.9 Å². The Balaban J connectivity index is 2.33. The highest BCUT2D eigenvalue weighted by Crippen LogP contribution is 2.33. The van der Waals surface area contributed by atoms with Crippen LogP contribution in [0.1, 0.15) is 24.8 Å². The molecule has 0 spiro atoms. The average Bonchev–Trinajstić information content (AvgIpc) is 2.27. The molecule has 0 amide bonds. The minimum Gasteiger partial charge on any atom is -0.394 e. The number of rotatable bonds is 4. The number of sulfonamides is 1. The Morgan fingerprint density at radius 1 is 1.44 bits per heavy atom. The maximum atomic E-state index is 12.3. The van der Waals surface area contributed by atoms with Crippen molar-refractivity contribution in [2.75, 3.05) is 6.61 Å². The third-order valence-electron chi connectivity index (χ3n) is 3.40. The van der Waals surface area contributed by atoms with Crippen LogP contribution in [-0.2, 0) is 10.0 Å². The van der Waals surface area contributed by atoms with Crippen LogP contribution in [0.3, 0.4) is 0 Å². The largest absolute Gasteiger partial charge is 0.394 e. The molecule has 1 aromatic rings. The van der Waals surface area contributed by atoms with Gasteiger partial charge in [0.1, 0.15) is 0 Å². The van der Waals surface area contributed by atoms with Crippen molar-refractivity contribution < 1.29 is 13.5 Å². The van der Waals surface area contributed by atoms with Crippen LogP contribution in [-0.4, -0.2) is 25.7 Å². The van der Waals surface area contributed by atoms with Crippen molar-refractivity contribution >= 4 is 21.6 Å². The lowest BCUT2D eigenvalue weighted by molar-refractivity contribution is 0.110. The quantitative estimate of drug-likeness (QED) is 0.889. The standard InChI is InChI=1S/C12H16ClNO3S/c1-9-3-4-10(13)7-11(9)18(16,17)14-12(8-15)5-2-6-12/h3-4,7,14-15H,2,5-6,8H2,1H3. The lowest BCUT2D eigenvalue weighted by Gasteiger charge is -2.40. The van der Waals surface area contributed by atoms with Crippen LogP contribution >= 0.6 is 11.6 Å². The Morgan fingerprint density at radius 2 is 2.11 bits per heavy atom. The van der Waals surface area contributed by atoms with E-state index >= 15 is 0 Å². The molecule has 1 aliphatic rings. The summed E-state index contributed by atoms with van der Waals surface area (Å²) in [6, 6.07) is 4.76. The topological polar surface area (TPSA) is 66.4 Å². The van der Waals surface area contributed by atoms with Crippen molar-refractivity contribution in [2.24, 2.45) is 0 Å². The first-order valence-corrected chi connectivity index (χ1v) is 7.66. The number of hydrogen-bond donors (Lipinski definition) is 2. The SMILES string of the molecule is Cc1ccc(Cl)cc1S(=O)(=O)NC1(CO)CCC1. The van der Waals surface area contributed by atoms with Crippen LogP contribution in [0.5, 0.6) is 0 Å². The molecule has 0 saturated heterocycles. The molecule has 1 aliphatic carbocycles. The molecule has 1 fully saturated rings. The smallest absolute Gasteiger partial charge is 0.241 e. The molecule has 0 heterocycles. The highest BCUT2D eigenvalue weighted by Gasteiger charge is 2.40. The molecule has 0 aromatic heterocycles. The van der Waals surface area contributed by atoms with E-state index in [0.717, 1.165) is 6.42 Å². The van der Waals surface area contributed by atoms with Gasteiger partial charge in [0.2, 0.25) is 10.0 Å². The van der Waals surface area contributed by atoms with Gasteiger partial charge in [0.15, 0.2) is 0 Å². The van der Waals surface area contributed by atoms with E-state index < -0.39 is 15.6 Å².